The van der Waals surface area contributed by atoms with E-state index in [1.54, 1.807) is 0 Å². The average Bonchev–Trinajstić information content (AvgIpc) is 2.56. The van der Waals surface area contributed by atoms with Crippen LogP contribution in [0.4, 0.5) is 0 Å². The van der Waals surface area contributed by atoms with E-state index in [1.165, 1.54) is 12.8 Å². The highest BCUT2D eigenvalue weighted by Crippen LogP contribution is 2.12. The lowest BCUT2D eigenvalue weighted by atomic mass is 10.3. The molecule has 4 heteroatoms. The average molecular weight is 184 g/mol. The Balaban J connectivity index is 1.87. The first kappa shape index (κ1) is 8.97. The number of cyclic esters (lactones) is 1. The van der Waals surface area contributed by atoms with Crippen LogP contribution >= 0.6 is 0 Å². The SMILES string of the molecule is O=C1CCN(C2CCCN2)CCO1. The minimum absolute atomic E-state index is 0.0551. The number of carbonyl (C=O) groups excluding carboxylic acids is 1. The van der Waals surface area contributed by atoms with Crippen molar-refractivity contribution in [1.29, 1.82) is 0 Å². The van der Waals surface area contributed by atoms with E-state index >= 15 is 0 Å². The van der Waals surface area contributed by atoms with Crippen molar-refractivity contribution in [2.75, 3.05) is 26.2 Å². The fourth-order valence-electron chi connectivity index (χ4n) is 1.99. The molecule has 0 saturated carbocycles. The number of nitrogens with zero attached hydrogens (tertiary/aromatic N) is 1. The van der Waals surface area contributed by atoms with Crippen molar-refractivity contribution in [3.63, 3.8) is 0 Å². The highest BCUT2D eigenvalue weighted by atomic mass is 16.5. The highest BCUT2D eigenvalue weighted by molar-refractivity contribution is 5.69. The molecule has 0 amide bonds. The summed E-state index contributed by atoms with van der Waals surface area (Å²) in [5, 5.41) is 3.43. The van der Waals surface area contributed by atoms with Crippen LogP contribution in [0.2, 0.25) is 0 Å². The first-order valence-corrected chi connectivity index (χ1v) is 4.99. The molecular formula is C9H16N2O2. The van der Waals surface area contributed by atoms with Gasteiger partial charge in [0.2, 0.25) is 0 Å². The summed E-state index contributed by atoms with van der Waals surface area (Å²) in [5.74, 6) is -0.0551. The van der Waals surface area contributed by atoms with Crippen molar-refractivity contribution >= 4 is 5.97 Å². The maximum atomic E-state index is 11.0. The van der Waals surface area contributed by atoms with Gasteiger partial charge in [0.1, 0.15) is 6.61 Å². The monoisotopic (exact) mass is 184 g/mol. The third-order valence-corrected chi connectivity index (χ3v) is 2.72. The zero-order valence-electron chi connectivity index (χ0n) is 7.79. The van der Waals surface area contributed by atoms with Gasteiger partial charge in [-0.05, 0) is 19.4 Å². The third-order valence-electron chi connectivity index (χ3n) is 2.72. The van der Waals surface area contributed by atoms with Gasteiger partial charge in [-0.3, -0.25) is 9.69 Å². The molecule has 0 bridgehead atoms. The molecule has 0 radical (unpaired) electrons. The Kier molecular flexibility index (Phi) is 2.80. The predicted octanol–water partition coefficient (Wildman–Crippen LogP) is -0.0552. The fourth-order valence-corrected chi connectivity index (χ4v) is 1.99. The quantitative estimate of drug-likeness (QED) is 0.580. The molecule has 2 heterocycles. The molecule has 0 spiro atoms. The third kappa shape index (κ3) is 2.19. The fraction of sp³-hybridized carbons (Fsp3) is 0.889. The number of hydrogen-bond acceptors (Lipinski definition) is 4. The first-order valence-electron chi connectivity index (χ1n) is 4.99. The minimum atomic E-state index is -0.0551. The summed E-state index contributed by atoms with van der Waals surface area (Å²) in [6.45, 7) is 3.38. The Bertz CT molecular complexity index is 190. The van der Waals surface area contributed by atoms with Gasteiger partial charge in [-0.25, -0.2) is 0 Å². The number of carbonyl (C=O) groups is 1. The van der Waals surface area contributed by atoms with Crippen molar-refractivity contribution in [2.45, 2.75) is 25.4 Å². The molecule has 2 fully saturated rings. The second kappa shape index (κ2) is 4.07. The van der Waals surface area contributed by atoms with Gasteiger partial charge in [0.15, 0.2) is 0 Å². The van der Waals surface area contributed by atoms with Crippen LogP contribution in [-0.2, 0) is 9.53 Å². The Morgan fingerprint density at radius 1 is 1.46 bits per heavy atom. The number of esters is 1. The van der Waals surface area contributed by atoms with Crippen molar-refractivity contribution < 1.29 is 9.53 Å². The Hall–Kier alpha value is -0.610. The minimum Gasteiger partial charge on any atom is -0.464 e. The molecule has 2 aliphatic rings. The van der Waals surface area contributed by atoms with Crippen LogP contribution in [0.25, 0.3) is 0 Å². The van der Waals surface area contributed by atoms with E-state index in [-0.39, 0.29) is 5.97 Å². The normalized spacial score (nSPS) is 31.4. The maximum Gasteiger partial charge on any atom is 0.307 e. The van der Waals surface area contributed by atoms with Crippen molar-refractivity contribution in [3.8, 4) is 0 Å². The summed E-state index contributed by atoms with van der Waals surface area (Å²) in [6, 6.07) is 0. The van der Waals surface area contributed by atoms with Gasteiger partial charge in [0.05, 0.1) is 12.6 Å². The molecule has 2 aliphatic heterocycles. The van der Waals surface area contributed by atoms with Gasteiger partial charge < -0.3 is 10.1 Å². The van der Waals surface area contributed by atoms with E-state index in [2.05, 4.69) is 10.2 Å². The van der Waals surface area contributed by atoms with Crippen LogP contribution in [0.5, 0.6) is 0 Å². The molecule has 0 aromatic heterocycles. The Morgan fingerprint density at radius 3 is 3.15 bits per heavy atom. The molecule has 4 nitrogen and oxygen atoms in total. The molecule has 1 atom stereocenters. The number of ether oxygens (including phenoxy) is 1. The van der Waals surface area contributed by atoms with Gasteiger partial charge in [0, 0.05) is 13.1 Å². The molecule has 0 aliphatic carbocycles. The molecule has 74 valence electrons. The number of rotatable bonds is 1. The number of nitrogens with one attached hydrogen (secondary N) is 1. The van der Waals surface area contributed by atoms with Crippen molar-refractivity contribution in [2.24, 2.45) is 0 Å². The lowest BCUT2D eigenvalue weighted by molar-refractivity contribution is -0.142. The van der Waals surface area contributed by atoms with Gasteiger partial charge in [-0.15, -0.1) is 0 Å². The van der Waals surface area contributed by atoms with Crippen LogP contribution in [0.1, 0.15) is 19.3 Å². The van der Waals surface area contributed by atoms with Gasteiger partial charge >= 0.3 is 5.97 Å². The van der Waals surface area contributed by atoms with Gasteiger partial charge in [-0.1, -0.05) is 0 Å². The van der Waals surface area contributed by atoms with E-state index in [0.29, 0.717) is 19.2 Å². The van der Waals surface area contributed by atoms with Gasteiger partial charge in [0.25, 0.3) is 0 Å². The summed E-state index contributed by atoms with van der Waals surface area (Å²) in [7, 11) is 0. The summed E-state index contributed by atoms with van der Waals surface area (Å²) < 4.78 is 4.98. The molecule has 13 heavy (non-hydrogen) atoms. The first-order chi connectivity index (χ1) is 6.36. The topological polar surface area (TPSA) is 41.6 Å². The maximum absolute atomic E-state index is 11.0. The van der Waals surface area contributed by atoms with Crippen LogP contribution in [0.3, 0.4) is 0 Å². The van der Waals surface area contributed by atoms with E-state index in [0.717, 1.165) is 19.6 Å². The van der Waals surface area contributed by atoms with Crippen molar-refractivity contribution in [1.82, 2.24) is 10.2 Å². The molecule has 2 rings (SSSR count). The Labute approximate surface area is 78.2 Å². The standard InChI is InChI=1S/C9H16N2O2/c12-9-3-5-11(6-7-13-9)8-2-1-4-10-8/h8,10H,1-7H2. The molecule has 2 saturated heterocycles. The summed E-state index contributed by atoms with van der Waals surface area (Å²) in [6.07, 6.45) is 3.47. The summed E-state index contributed by atoms with van der Waals surface area (Å²) in [5.41, 5.74) is 0. The second-order valence-electron chi connectivity index (χ2n) is 3.62. The van der Waals surface area contributed by atoms with E-state index in [4.69, 9.17) is 4.74 Å². The molecule has 0 aromatic rings. The zero-order valence-corrected chi connectivity index (χ0v) is 7.79. The van der Waals surface area contributed by atoms with E-state index in [9.17, 15) is 4.79 Å². The number of hydrogen-bond donors (Lipinski definition) is 1. The smallest absolute Gasteiger partial charge is 0.307 e. The van der Waals surface area contributed by atoms with Crippen LogP contribution in [0, 0.1) is 0 Å². The van der Waals surface area contributed by atoms with Crippen LogP contribution in [-0.4, -0.2) is 43.3 Å². The predicted molar refractivity (Wildman–Crippen MR) is 48.2 cm³/mol. The Morgan fingerprint density at radius 2 is 2.38 bits per heavy atom. The zero-order chi connectivity index (χ0) is 9.10. The summed E-state index contributed by atoms with van der Waals surface area (Å²) in [4.78, 5) is 13.3. The lowest BCUT2D eigenvalue weighted by Gasteiger charge is -2.25. The van der Waals surface area contributed by atoms with Gasteiger partial charge in [-0.2, -0.15) is 0 Å². The van der Waals surface area contributed by atoms with Crippen LogP contribution < -0.4 is 5.32 Å². The van der Waals surface area contributed by atoms with E-state index < -0.39 is 0 Å². The second-order valence-corrected chi connectivity index (χ2v) is 3.62. The molecular weight excluding hydrogens is 168 g/mol. The molecule has 1 N–H and O–H groups in total. The van der Waals surface area contributed by atoms with Crippen molar-refractivity contribution in [3.05, 3.63) is 0 Å². The largest absolute Gasteiger partial charge is 0.464 e. The summed E-state index contributed by atoms with van der Waals surface area (Å²) >= 11 is 0. The van der Waals surface area contributed by atoms with Crippen LogP contribution in [0.15, 0.2) is 0 Å². The highest BCUT2D eigenvalue weighted by Gasteiger charge is 2.24. The molecule has 0 aromatic carbocycles. The molecule has 1 unspecified atom stereocenters. The lowest BCUT2D eigenvalue weighted by Crippen LogP contribution is -2.43. The van der Waals surface area contributed by atoms with E-state index in [1.807, 2.05) is 0 Å².